The molecular weight excluding hydrogens is 278 g/mol. The van der Waals surface area contributed by atoms with E-state index in [1.165, 1.54) is 17.4 Å². The van der Waals surface area contributed by atoms with Gasteiger partial charge in [-0.3, -0.25) is 0 Å². The van der Waals surface area contributed by atoms with E-state index < -0.39 is 9.84 Å². The van der Waals surface area contributed by atoms with Gasteiger partial charge in [-0.25, -0.2) is 8.42 Å². The van der Waals surface area contributed by atoms with Crippen molar-refractivity contribution in [3.63, 3.8) is 0 Å². The quantitative estimate of drug-likeness (QED) is 0.866. The van der Waals surface area contributed by atoms with Gasteiger partial charge in [0.2, 0.25) is 0 Å². The minimum Gasteiger partial charge on any atom is -0.323 e. The summed E-state index contributed by atoms with van der Waals surface area (Å²) in [5.74, 6) is 0.877. The Bertz CT molecular complexity index is 528. The summed E-state index contributed by atoms with van der Waals surface area (Å²) in [5, 5.41) is 0.324. The van der Waals surface area contributed by atoms with Crippen molar-refractivity contribution in [1.29, 1.82) is 0 Å². The number of nitrogens with two attached hydrogens (primary N) is 1. The largest absolute Gasteiger partial charge is 0.323 e. The summed E-state index contributed by atoms with van der Waals surface area (Å²) in [4.78, 5) is 0. The standard InChI is InChI=1S/C14H21NO2S2/c1-19(16,17)10-9-18-13-8-4-6-11-5-2-3-7-12(11)14(13)15/h2-3,5,7,13-14H,4,6,8-10,15H2,1H3. The molecule has 0 saturated heterocycles. The van der Waals surface area contributed by atoms with E-state index in [1.54, 1.807) is 11.8 Å². The molecule has 2 N–H and O–H groups in total. The molecule has 5 heteroatoms. The molecule has 2 atom stereocenters. The van der Waals surface area contributed by atoms with Crippen LogP contribution in [-0.2, 0) is 16.3 Å². The molecule has 0 heterocycles. The van der Waals surface area contributed by atoms with E-state index in [0.717, 1.165) is 19.3 Å². The first-order valence-electron chi connectivity index (χ1n) is 6.60. The number of rotatable bonds is 4. The number of hydrogen-bond donors (Lipinski definition) is 1. The highest BCUT2D eigenvalue weighted by Gasteiger charge is 2.25. The molecule has 0 aromatic heterocycles. The Hall–Kier alpha value is -0.520. The number of sulfone groups is 1. The van der Waals surface area contributed by atoms with E-state index in [2.05, 4.69) is 18.2 Å². The van der Waals surface area contributed by atoms with Crippen LogP contribution in [0.3, 0.4) is 0 Å². The molecule has 0 fully saturated rings. The number of hydrogen-bond acceptors (Lipinski definition) is 4. The van der Waals surface area contributed by atoms with Crippen molar-refractivity contribution in [3.05, 3.63) is 35.4 Å². The molecule has 1 aliphatic carbocycles. The molecule has 106 valence electrons. The van der Waals surface area contributed by atoms with Crippen LogP contribution in [0.4, 0.5) is 0 Å². The van der Waals surface area contributed by atoms with Crippen molar-refractivity contribution in [1.82, 2.24) is 0 Å². The van der Waals surface area contributed by atoms with Crippen LogP contribution in [0, 0.1) is 0 Å². The minimum absolute atomic E-state index is 0.0169. The van der Waals surface area contributed by atoms with Gasteiger partial charge in [0.05, 0.1) is 5.75 Å². The van der Waals surface area contributed by atoms with Crippen LogP contribution in [0.1, 0.15) is 30.0 Å². The maximum Gasteiger partial charge on any atom is 0.148 e. The lowest BCUT2D eigenvalue weighted by Gasteiger charge is -2.22. The summed E-state index contributed by atoms with van der Waals surface area (Å²) in [6.45, 7) is 0. The maximum absolute atomic E-state index is 11.2. The van der Waals surface area contributed by atoms with Crippen LogP contribution in [0.15, 0.2) is 24.3 Å². The van der Waals surface area contributed by atoms with Crippen LogP contribution in [0.5, 0.6) is 0 Å². The first-order chi connectivity index (χ1) is 8.97. The van der Waals surface area contributed by atoms with Crippen molar-refractivity contribution < 1.29 is 8.42 Å². The Labute approximate surface area is 119 Å². The SMILES string of the molecule is CS(=O)(=O)CCSC1CCCc2ccccc2C1N. The molecule has 0 aliphatic heterocycles. The molecule has 0 radical (unpaired) electrons. The zero-order chi connectivity index (χ0) is 13.9. The normalized spacial score (nSPS) is 23.7. The third kappa shape index (κ3) is 4.23. The summed E-state index contributed by atoms with van der Waals surface area (Å²) >= 11 is 1.71. The first kappa shape index (κ1) is 14.9. The summed E-state index contributed by atoms with van der Waals surface area (Å²) in [6, 6.07) is 8.36. The fourth-order valence-electron chi connectivity index (χ4n) is 2.50. The summed E-state index contributed by atoms with van der Waals surface area (Å²) in [7, 11) is -2.87. The average Bonchev–Trinajstić information content (AvgIpc) is 2.49. The fourth-order valence-corrected chi connectivity index (χ4v) is 5.08. The van der Waals surface area contributed by atoms with Crippen LogP contribution in [0.2, 0.25) is 0 Å². The lowest BCUT2D eigenvalue weighted by atomic mass is 10.00. The molecule has 2 rings (SSSR count). The zero-order valence-corrected chi connectivity index (χ0v) is 12.8. The van der Waals surface area contributed by atoms with Gasteiger partial charge in [0.25, 0.3) is 0 Å². The van der Waals surface area contributed by atoms with Crippen molar-refractivity contribution in [3.8, 4) is 0 Å². The van der Waals surface area contributed by atoms with E-state index >= 15 is 0 Å². The molecule has 3 nitrogen and oxygen atoms in total. The number of benzene rings is 1. The predicted octanol–water partition coefficient (Wildman–Crippen LogP) is 2.17. The highest BCUT2D eigenvalue weighted by molar-refractivity contribution is 8.01. The molecule has 0 saturated carbocycles. The lowest BCUT2D eigenvalue weighted by Crippen LogP contribution is -2.24. The molecule has 0 spiro atoms. The number of fused-ring (bicyclic) bond motifs is 1. The third-order valence-electron chi connectivity index (χ3n) is 3.54. The second-order valence-corrected chi connectivity index (χ2v) is 8.76. The summed E-state index contributed by atoms with van der Waals surface area (Å²) in [6.07, 6.45) is 4.55. The van der Waals surface area contributed by atoms with Crippen molar-refractivity contribution in [2.45, 2.75) is 30.6 Å². The number of thioether (sulfide) groups is 1. The smallest absolute Gasteiger partial charge is 0.148 e. The molecule has 1 aromatic carbocycles. The second kappa shape index (κ2) is 6.29. The van der Waals surface area contributed by atoms with Crippen LogP contribution in [0.25, 0.3) is 0 Å². The van der Waals surface area contributed by atoms with E-state index in [9.17, 15) is 8.42 Å². The van der Waals surface area contributed by atoms with Gasteiger partial charge in [-0.15, -0.1) is 0 Å². The van der Waals surface area contributed by atoms with E-state index in [4.69, 9.17) is 5.73 Å². The second-order valence-electron chi connectivity index (χ2n) is 5.16. The predicted molar refractivity (Wildman–Crippen MR) is 82.3 cm³/mol. The highest BCUT2D eigenvalue weighted by atomic mass is 32.2. The first-order valence-corrected chi connectivity index (χ1v) is 9.71. The van der Waals surface area contributed by atoms with Crippen LogP contribution in [-0.4, -0.2) is 31.4 Å². The molecule has 1 aliphatic rings. The van der Waals surface area contributed by atoms with Gasteiger partial charge >= 0.3 is 0 Å². The van der Waals surface area contributed by atoms with Gasteiger partial charge in [0.1, 0.15) is 9.84 Å². The molecule has 1 aromatic rings. The summed E-state index contributed by atoms with van der Waals surface area (Å²) in [5.41, 5.74) is 8.95. The van der Waals surface area contributed by atoms with E-state index in [-0.39, 0.29) is 11.8 Å². The summed E-state index contributed by atoms with van der Waals surface area (Å²) < 4.78 is 22.4. The lowest BCUT2D eigenvalue weighted by molar-refractivity contribution is 0.603. The number of aryl methyl sites for hydroxylation is 1. The third-order valence-corrected chi connectivity index (χ3v) is 6.14. The van der Waals surface area contributed by atoms with Gasteiger partial charge in [-0.05, 0) is 30.4 Å². The average molecular weight is 299 g/mol. The van der Waals surface area contributed by atoms with Gasteiger partial charge in [0.15, 0.2) is 0 Å². The van der Waals surface area contributed by atoms with Gasteiger partial charge < -0.3 is 5.73 Å². The Morgan fingerprint density at radius 1 is 1.37 bits per heavy atom. The van der Waals surface area contributed by atoms with Crippen LogP contribution >= 0.6 is 11.8 Å². The Balaban J connectivity index is 2.03. The Kier molecular flexibility index (Phi) is 4.92. The monoisotopic (exact) mass is 299 g/mol. The molecular formula is C14H21NO2S2. The highest BCUT2D eigenvalue weighted by Crippen LogP contribution is 2.34. The van der Waals surface area contributed by atoms with Crippen molar-refractivity contribution in [2.75, 3.05) is 17.8 Å². The topological polar surface area (TPSA) is 60.2 Å². The van der Waals surface area contributed by atoms with Gasteiger partial charge in [0, 0.05) is 23.3 Å². The van der Waals surface area contributed by atoms with Gasteiger partial charge in [-0.1, -0.05) is 24.3 Å². The Morgan fingerprint density at radius 3 is 2.84 bits per heavy atom. The van der Waals surface area contributed by atoms with E-state index in [1.807, 2.05) is 6.07 Å². The van der Waals surface area contributed by atoms with Crippen molar-refractivity contribution in [2.24, 2.45) is 5.73 Å². The Morgan fingerprint density at radius 2 is 2.11 bits per heavy atom. The fraction of sp³-hybridized carbons (Fsp3) is 0.571. The minimum atomic E-state index is -2.87. The zero-order valence-electron chi connectivity index (χ0n) is 11.2. The molecule has 0 bridgehead atoms. The van der Waals surface area contributed by atoms with Gasteiger partial charge in [-0.2, -0.15) is 11.8 Å². The van der Waals surface area contributed by atoms with E-state index in [0.29, 0.717) is 11.0 Å². The van der Waals surface area contributed by atoms with Crippen molar-refractivity contribution >= 4 is 21.6 Å². The molecule has 0 amide bonds. The molecule has 2 unspecified atom stereocenters. The maximum atomic E-state index is 11.2. The van der Waals surface area contributed by atoms with Crippen LogP contribution < -0.4 is 5.73 Å². The molecule has 19 heavy (non-hydrogen) atoms.